The fourth-order valence-electron chi connectivity index (χ4n) is 2.00. The van der Waals surface area contributed by atoms with Crippen LogP contribution < -0.4 is 14.8 Å². The van der Waals surface area contributed by atoms with Crippen LogP contribution in [-0.4, -0.2) is 14.2 Å². The van der Waals surface area contributed by atoms with Gasteiger partial charge in [0.1, 0.15) is 12.4 Å². The van der Waals surface area contributed by atoms with Gasteiger partial charge in [-0.1, -0.05) is 29.8 Å². The van der Waals surface area contributed by atoms with Crippen LogP contribution in [-0.2, 0) is 13.2 Å². The van der Waals surface area contributed by atoms with Crippen LogP contribution in [0, 0.1) is 5.82 Å². The van der Waals surface area contributed by atoms with Crippen LogP contribution in [0.25, 0.3) is 0 Å². The normalized spacial score (nSPS) is 10.5. The molecule has 0 amide bonds. The Morgan fingerprint density at radius 1 is 1.24 bits per heavy atom. The highest BCUT2D eigenvalue weighted by molar-refractivity contribution is 6.32. The Morgan fingerprint density at radius 3 is 2.71 bits per heavy atom. The Bertz CT molecular complexity index is 619. The first-order valence-electron chi connectivity index (χ1n) is 6.53. The van der Waals surface area contributed by atoms with Gasteiger partial charge in [0.15, 0.2) is 11.6 Å². The van der Waals surface area contributed by atoms with Crippen LogP contribution in [0.5, 0.6) is 11.5 Å². The summed E-state index contributed by atoms with van der Waals surface area (Å²) in [7, 11) is 3.28. The maximum atomic E-state index is 13.6. The second-order valence-electron chi connectivity index (χ2n) is 4.52. The van der Waals surface area contributed by atoms with Gasteiger partial charge in [-0.3, -0.25) is 0 Å². The van der Waals surface area contributed by atoms with Crippen molar-refractivity contribution in [3.05, 3.63) is 58.4 Å². The molecule has 2 aromatic rings. The molecule has 112 valence electrons. The monoisotopic (exact) mass is 309 g/mol. The highest BCUT2D eigenvalue weighted by Crippen LogP contribution is 2.29. The molecular weight excluding hydrogens is 293 g/mol. The van der Waals surface area contributed by atoms with E-state index in [1.165, 1.54) is 13.2 Å². The van der Waals surface area contributed by atoms with E-state index in [1.807, 2.05) is 19.2 Å². The summed E-state index contributed by atoms with van der Waals surface area (Å²) in [5.41, 5.74) is 1.67. The number of rotatable bonds is 6. The van der Waals surface area contributed by atoms with E-state index in [9.17, 15) is 4.39 Å². The molecule has 0 spiro atoms. The number of ether oxygens (including phenoxy) is 2. The van der Waals surface area contributed by atoms with Gasteiger partial charge in [0, 0.05) is 12.1 Å². The molecule has 0 aliphatic rings. The molecule has 0 saturated heterocycles. The van der Waals surface area contributed by atoms with Gasteiger partial charge >= 0.3 is 0 Å². The summed E-state index contributed by atoms with van der Waals surface area (Å²) in [5.74, 6) is 0.422. The third kappa shape index (κ3) is 3.86. The molecule has 0 fully saturated rings. The molecule has 0 unspecified atom stereocenters. The number of nitrogens with one attached hydrogen (secondary N) is 1. The number of benzene rings is 2. The van der Waals surface area contributed by atoms with Crippen LogP contribution >= 0.6 is 11.6 Å². The molecular formula is C16H17ClFNO2. The lowest BCUT2D eigenvalue weighted by Crippen LogP contribution is -2.08. The lowest BCUT2D eigenvalue weighted by molar-refractivity contribution is 0.301. The summed E-state index contributed by atoms with van der Waals surface area (Å²) in [5, 5.41) is 3.60. The van der Waals surface area contributed by atoms with Crippen molar-refractivity contribution in [1.29, 1.82) is 0 Å². The maximum absolute atomic E-state index is 13.6. The second-order valence-corrected chi connectivity index (χ2v) is 4.92. The zero-order valence-corrected chi connectivity index (χ0v) is 12.7. The quantitative estimate of drug-likeness (QED) is 0.880. The van der Waals surface area contributed by atoms with Crippen molar-refractivity contribution in [1.82, 2.24) is 5.32 Å². The average Bonchev–Trinajstić information content (AvgIpc) is 2.47. The molecule has 0 saturated carbocycles. The van der Waals surface area contributed by atoms with Crippen LogP contribution in [0.4, 0.5) is 4.39 Å². The van der Waals surface area contributed by atoms with Crippen molar-refractivity contribution in [3.8, 4) is 11.5 Å². The number of hydrogen-bond donors (Lipinski definition) is 1. The predicted molar refractivity (Wildman–Crippen MR) is 81.5 cm³/mol. The zero-order chi connectivity index (χ0) is 15.2. The fraction of sp³-hybridized carbons (Fsp3) is 0.250. The van der Waals surface area contributed by atoms with E-state index < -0.39 is 5.82 Å². The van der Waals surface area contributed by atoms with Crippen molar-refractivity contribution in [2.75, 3.05) is 14.2 Å². The molecule has 2 rings (SSSR count). The molecule has 0 heterocycles. The minimum Gasteiger partial charge on any atom is -0.494 e. The average molecular weight is 310 g/mol. The van der Waals surface area contributed by atoms with Crippen molar-refractivity contribution >= 4 is 11.6 Å². The molecule has 3 nitrogen and oxygen atoms in total. The van der Waals surface area contributed by atoms with Gasteiger partial charge in [-0.15, -0.1) is 0 Å². The summed E-state index contributed by atoms with van der Waals surface area (Å²) in [6.07, 6.45) is 0. The van der Waals surface area contributed by atoms with Crippen LogP contribution in [0.15, 0.2) is 36.4 Å². The Labute approximate surface area is 128 Å². The van der Waals surface area contributed by atoms with Gasteiger partial charge in [-0.25, -0.2) is 4.39 Å². The molecule has 0 atom stereocenters. The molecule has 21 heavy (non-hydrogen) atoms. The molecule has 0 bridgehead atoms. The molecule has 0 aliphatic heterocycles. The second kappa shape index (κ2) is 7.29. The SMILES string of the molecule is CNCc1cccc(Cl)c1OCc1ccc(OC)c(F)c1. The van der Waals surface area contributed by atoms with E-state index in [-0.39, 0.29) is 12.4 Å². The summed E-state index contributed by atoms with van der Waals surface area (Å²) in [6, 6.07) is 10.3. The van der Waals surface area contributed by atoms with E-state index in [0.29, 0.717) is 22.9 Å². The molecule has 5 heteroatoms. The highest BCUT2D eigenvalue weighted by Gasteiger charge is 2.09. The first-order valence-corrected chi connectivity index (χ1v) is 6.90. The van der Waals surface area contributed by atoms with Gasteiger partial charge in [-0.2, -0.15) is 0 Å². The molecule has 0 aromatic heterocycles. The van der Waals surface area contributed by atoms with E-state index in [1.54, 1.807) is 18.2 Å². The third-order valence-corrected chi connectivity index (χ3v) is 3.31. The minimum atomic E-state index is -0.409. The van der Waals surface area contributed by atoms with E-state index in [4.69, 9.17) is 21.1 Å². The third-order valence-electron chi connectivity index (χ3n) is 3.02. The Hall–Kier alpha value is -1.78. The molecule has 0 aliphatic carbocycles. The molecule has 1 N–H and O–H groups in total. The highest BCUT2D eigenvalue weighted by atomic mass is 35.5. The van der Waals surface area contributed by atoms with Crippen molar-refractivity contribution < 1.29 is 13.9 Å². The minimum absolute atomic E-state index is 0.215. The van der Waals surface area contributed by atoms with Gasteiger partial charge in [-0.05, 0) is 30.8 Å². The van der Waals surface area contributed by atoms with Gasteiger partial charge in [0.2, 0.25) is 0 Å². The van der Waals surface area contributed by atoms with E-state index >= 15 is 0 Å². The molecule has 2 aromatic carbocycles. The number of methoxy groups -OCH3 is 1. The zero-order valence-electron chi connectivity index (χ0n) is 12.0. The summed E-state index contributed by atoms with van der Waals surface area (Å²) < 4.78 is 24.3. The summed E-state index contributed by atoms with van der Waals surface area (Å²) in [4.78, 5) is 0. The lowest BCUT2D eigenvalue weighted by Gasteiger charge is -2.13. The van der Waals surface area contributed by atoms with Crippen molar-refractivity contribution in [3.63, 3.8) is 0 Å². The van der Waals surface area contributed by atoms with Gasteiger partial charge < -0.3 is 14.8 Å². The number of hydrogen-bond acceptors (Lipinski definition) is 3. The topological polar surface area (TPSA) is 30.5 Å². The van der Waals surface area contributed by atoms with Crippen molar-refractivity contribution in [2.45, 2.75) is 13.2 Å². The fourth-order valence-corrected chi connectivity index (χ4v) is 2.25. The largest absolute Gasteiger partial charge is 0.494 e. The summed E-state index contributed by atoms with van der Waals surface area (Å²) in [6.45, 7) is 0.883. The summed E-state index contributed by atoms with van der Waals surface area (Å²) >= 11 is 6.16. The first kappa shape index (κ1) is 15.6. The Balaban J connectivity index is 2.14. The van der Waals surface area contributed by atoms with E-state index in [2.05, 4.69) is 5.32 Å². The Morgan fingerprint density at radius 2 is 2.05 bits per heavy atom. The lowest BCUT2D eigenvalue weighted by atomic mass is 10.2. The smallest absolute Gasteiger partial charge is 0.165 e. The predicted octanol–water partition coefficient (Wildman–Crippen LogP) is 3.79. The van der Waals surface area contributed by atoms with E-state index in [0.717, 1.165) is 5.56 Å². The standard InChI is InChI=1S/C16H17ClFNO2/c1-19-9-12-4-3-5-13(17)16(12)21-10-11-6-7-15(20-2)14(18)8-11/h3-8,19H,9-10H2,1-2H3. The van der Waals surface area contributed by atoms with Crippen LogP contribution in [0.2, 0.25) is 5.02 Å². The van der Waals surface area contributed by atoms with Crippen molar-refractivity contribution in [2.24, 2.45) is 0 Å². The van der Waals surface area contributed by atoms with Crippen LogP contribution in [0.1, 0.15) is 11.1 Å². The van der Waals surface area contributed by atoms with Gasteiger partial charge in [0.25, 0.3) is 0 Å². The van der Waals surface area contributed by atoms with Crippen LogP contribution in [0.3, 0.4) is 0 Å². The number of halogens is 2. The first-order chi connectivity index (χ1) is 10.2. The van der Waals surface area contributed by atoms with Gasteiger partial charge in [0.05, 0.1) is 12.1 Å². The maximum Gasteiger partial charge on any atom is 0.165 e. The Kier molecular flexibility index (Phi) is 5.42. The molecule has 0 radical (unpaired) electrons. The number of para-hydroxylation sites is 1.